The minimum Gasteiger partial charge on any atom is -0.617 e. The van der Waals surface area contributed by atoms with E-state index in [2.05, 4.69) is 4.99 Å². The third kappa shape index (κ3) is 3.86. The molecule has 0 spiro atoms. The van der Waals surface area contributed by atoms with Crippen LogP contribution in [0.3, 0.4) is 0 Å². The Balaban J connectivity index is 2.10. The Bertz CT molecular complexity index is 791. The molecule has 0 radical (unpaired) electrons. The average Bonchev–Trinajstić information content (AvgIpc) is 2.76. The van der Waals surface area contributed by atoms with Crippen LogP contribution in [0.25, 0.3) is 0 Å². The summed E-state index contributed by atoms with van der Waals surface area (Å²) in [5.74, 6) is 1.04. The summed E-state index contributed by atoms with van der Waals surface area (Å²) in [5, 5.41) is 0. The van der Waals surface area contributed by atoms with Crippen LogP contribution in [-0.4, -0.2) is 48.4 Å². The van der Waals surface area contributed by atoms with Gasteiger partial charge in [-0.05, 0) is 18.2 Å². The van der Waals surface area contributed by atoms with Crippen LogP contribution in [0.1, 0.15) is 11.1 Å². The van der Waals surface area contributed by atoms with E-state index in [9.17, 15) is 9.35 Å². The molecular formula is C19H20N2O3S. The quantitative estimate of drug-likeness (QED) is 0.772. The summed E-state index contributed by atoms with van der Waals surface area (Å²) in [6.07, 6.45) is 1.64. The van der Waals surface area contributed by atoms with E-state index in [0.29, 0.717) is 18.0 Å². The molecule has 1 unspecified atom stereocenters. The Morgan fingerprint density at radius 2 is 2.00 bits per heavy atom. The Morgan fingerprint density at radius 3 is 2.68 bits per heavy atom. The van der Waals surface area contributed by atoms with Gasteiger partial charge in [-0.25, -0.2) is 0 Å². The van der Waals surface area contributed by atoms with Crippen molar-refractivity contribution in [2.24, 2.45) is 4.99 Å². The molecule has 1 aliphatic rings. The van der Waals surface area contributed by atoms with E-state index < -0.39 is 11.2 Å². The monoisotopic (exact) mass is 356 g/mol. The first kappa shape index (κ1) is 17.5. The lowest BCUT2D eigenvalue weighted by molar-refractivity contribution is -0.117. The average molecular weight is 356 g/mol. The zero-order chi connectivity index (χ0) is 17.8. The molecule has 0 aliphatic carbocycles. The molecule has 3 rings (SSSR count). The van der Waals surface area contributed by atoms with Gasteiger partial charge in [0, 0.05) is 11.1 Å². The molecule has 0 bridgehead atoms. The SMILES string of the molecule is COc1ccc2c(c1)C(c1ccccc1)=NCC(=O)N2CC[S+](C)[O-]. The Labute approximate surface area is 150 Å². The third-order valence-electron chi connectivity index (χ3n) is 4.07. The molecule has 1 aliphatic heterocycles. The van der Waals surface area contributed by atoms with E-state index >= 15 is 0 Å². The molecule has 1 heterocycles. The number of carbonyl (C=O) groups excluding carboxylic acids is 1. The maximum atomic E-state index is 12.6. The van der Waals surface area contributed by atoms with Crippen LogP contribution in [0.4, 0.5) is 5.69 Å². The summed E-state index contributed by atoms with van der Waals surface area (Å²) in [5.41, 5.74) is 3.34. The van der Waals surface area contributed by atoms with Gasteiger partial charge >= 0.3 is 0 Å². The van der Waals surface area contributed by atoms with Crippen molar-refractivity contribution in [3.05, 3.63) is 59.7 Å². The van der Waals surface area contributed by atoms with Crippen LogP contribution in [0, 0.1) is 0 Å². The highest BCUT2D eigenvalue weighted by Gasteiger charge is 2.26. The van der Waals surface area contributed by atoms with Gasteiger partial charge in [0.1, 0.15) is 18.0 Å². The van der Waals surface area contributed by atoms with Crippen LogP contribution >= 0.6 is 0 Å². The summed E-state index contributed by atoms with van der Waals surface area (Å²) in [6, 6.07) is 15.4. The molecule has 0 fully saturated rings. The van der Waals surface area contributed by atoms with Gasteiger partial charge in [-0.2, -0.15) is 0 Å². The second-order valence-corrected chi connectivity index (χ2v) is 7.29. The topological polar surface area (TPSA) is 65.0 Å². The number of amides is 1. The summed E-state index contributed by atoms with van der Waals surface area (Å²) < 4.78 is 16.9. The number of hydrogen-bond donors (Lipinski definition) is 0. The predicted molar refractivity (Wildman–Crippen MR) is 101 cm³/mol. The first-order chi connectivity index (χ1) is 12.1. The smallest absolute Gasteiger partial charge is 0.248 e. The first-order valence-electron chi connectivity index (χ1n) is 7.99. The van der Waals surface area contributed by atoms with E-state index in [0.717, 1.165) is 22.5 Å². The first-order valence-corrected chi connectivity index (χ1v) is 9.71. The molecule has 6 heteroatoms. The van der Waals surface area contributed by atoms with Crippen molar-refractivity contribution in [1.29, 1.82) is 0 Å². The number of anilines is 1. The van der Waals surface area contributed by atoms with Gasteiger partial charge in [0.25, 0.3) is 0 Å². The molecule has 2 aromatic rings. The number of carbonyl (C=O) groups is 1. The summed E-state index contributed by atoms with van der Waals surface area (Å²) in [6.45, 7) is 0.469. The fourth-order valence-electron chi connectivity index (χ4n) is 2.83. The summed E-state index contributed by atoms with van der Waals surface area (Å²) in [4.78, 5) is 18.8. The highest BCUT2D eigenvalue weighted by atomic mass is 32.2. The molecule has 130 valence electrons. The molecule has 1 amide bonds. The number of fused-ring (bicyclic) bond motifs is 1. The number of methoxy groups -OCH3 is 1. The fraction of sp³-hybridized carbons (Fsp3) is 0.263. The normalized spacial score (nSPS) is 15.2. The fourth-order valence-corrected chi connectivity index (χ4v) is 3.27. The standard InChI is InChI=1S/C19H20N2O3S/c1-24-15-8-9-17-16(12-15)19(14-6-4-3-5-7-14)20-13-18(22)21(17)10-11-25(2)23/h3-9,12H,10-11,13H2,1-2H3. The molecule has 0 aromatic heterocycles. The van der Waals surface area contributed by atoms with Crippen LogP contribution in [-0.2, 0) is 16.0 Å². The van der Waals surface area contributed by atoms with Gasteiger partial charge in [0.15, 0.2) is 0 Å². The maximum absolute atomic E-state index is 12.6. The van der Waals surface area contributed by atoms with E-state index in [1.807, 2.05) is 48.5 Å². The Kier molecular flexibility index (Phi) is 5.40. The molecule has 5 nitrogen and oxygen atoms in total. The summed E-state index contributed by atoms with van der Waals surface area (Å²) >= 11 is -0.971. The molecule has 0 saturated heterocycles. The molecule has 1 atom stereocenters. The number of benzene rings is 2. The van der Waals surface area contributed by atoms with Gasteiger partial charge in [0.2, 0.25) is 5.91 Å². The van der Waals surface area contributed by atoms with E-state index in [1.54, 1.807) is 18.3 Å². The maximum Gasteiger partial charge on any atom is 0.248 e. The minimum absolute atomic E-state index is 0.0670. The number of aliphatic imine (C=N–C) groups is 1. The minimum atomic E-state index is -0.971. The summed E-state index contributed by atoms with van der Waals surface area (Å²) in [7, 11) is 1.61. The number of hydrogen-bond acceptors (Lipinski definition) is 4. The Morgan fingerprint density at radius 1 is 1.24 bits per heavy atom. The second kappa shape index (κ2) is 7.72. The van der Waals surface area contributed by atoms with Crippen LogP contribution in [0.15, 0.2) is 53.5 Å². The lowest BCUT2D eigenvalue weighted by atomic mass is 10.00. The highest BCUT2D eigenvalue weighted by molar-refractivity contribution is 7.90. The van der Waals surface area contributed by atoms with Crippen molar-refractivity contribution < 1.29 is 14.1 Å². The van der Waals surface area contributed by atoms with E-state index in [-0.39, 0.29) is 12.5 Å². The molecule has 0 saturated carbocycles. The van der Waals surface area contributed by atoms with Crippen molar-refractivity contribution in [3.8, 4) is 5.75 Å². The van der Waals surface area contributed by atoms with Crippen LogP contribution < -0.4 is 9.64 Å². The zero-order valence-electron chi connectivity index (χ0n) is 14.3. The van der Waals surface area contributed by atoms with Gasteiger partial charge in [-0.15, -0.1) is 0 Å². The van der Waals surface area contributed by atoms with Crippen molar-refractivity contribution in [2.75, 3.05) is 37.1 Å². The van der Waals surface area contributed by atoms with Crippen molar-refractivity contribution >= 4 is 28.5 Å². The number of ether oxygens (including phenoxy) is 1. The lowest BCUT2D eigenvalue weighted by Gasteiger charge is -2.23. The number of benzodiazepines with no additional fused rings is 1. The van der Waals surface area contributed by atoms with E-state index in [4.69, 9.17) is 4.74 Å². The van der Waals surface area contributed by atoms with Gasteiger partial charge < -0.3 is 14.2 Å². The van der Waals surface area contributed by atoms with Crippen molar-refractivity contribution in [2.45, 2.75) is 0 Å². The van der Waals surface area contributed by atoms with Gasteiger partial charge in [-0.1, -0.05) is 41.5 Å². The zero-order valence-corrected chi connectivity index (χ0v) is 15.1. The molecule has 0 N–H and O–H groups in total. The van der Waals surface area contributed by atoms with Crippen LogP contribution in [0.5, 0.6) is 5.75 Å². The van der Waals surface area contributed by atoms with Crippen LogP contribution in [0.2, 0.25) is 0 Å². The third-order valence-corrected chi connectivity index (χ3v) is 4.83. The predicted octanol–water partition coefficient (Wildman–Crippen LogP) is 2.26. The molecule has 2 aromatic carbocycles. The highest BCUT2D eigenvalue weighted by Crippen LogP contribution is 2.30. The second-order valence-electron chi connectivity index (χ2n) is 5.74. The lowest BCUT2D eigenvalue weighted by Crippen LogP contribution is -2.36. The van der Waals surface area contributed by atoms with Gasteiger partial charge in [-0.3, -0.25) is 9.79 Å². The van der Waals surface area contributed by atoms with Gasteiger partial charge in [0.05, 0.1) is 31.3 Å². The van der Waals surface area contributed by atoms with E-state index in [1.165, 1.54) is 0 Å². The number of nitrogens with zero attached hydrogens (tertiary/aromatic N) is 2. The molecule has 25 heavy (non-hydrogen) atoms. The molecular weight excluding hydrogens is 336 g/mol. The van der Waals surface area contributed by atoms with Crippen molar-refractivity contribution in [1.82, 2.24) is 0 Å². The Hall–Kier alpha value is -2.31. The largest absolute Gasteiger partial charge is 0.617 e. The number of rotatable bonds is 5. The van der Waals surface area contributed by atoms with Crippen molar-refractivity contribution in [3.63, 3.8) is 0 Å².